The molecule has 160 valence electrons. The highest BCUT2D eigenvalue weighted by atomic mass is 35.5. The summed E-state index contributed by atoms with van der Waals surface area (Å²) in [5, 5.41) is 9.13. The molecule has 0 aliphatic rings. The molecule has 2 aromatic rings. The third-order valence-electron chi connectivity index (χ3n) is 3.74. The van der Waals surface area contributed by atoms with Crippen LogP contribution in [0.15, 0.2) is 42.5 Å². The van der Waals surface area contributed by atoms with Crippen molar-refractivity contribution in [2.75, 3.05) is 0 Å². The van der Waals surface area contributed by atoms with Gasteiger partial charge in [-0.1, -0.05) is 23.2 Å². The molecule has 0 heterocycles. The molecule has 10 heteroatoms. The molecule has 0 aliphatic heterocycles. The number of ether oxygens (including phenoxy) is 2. The number of aliphatic carboxylic acids is 1. The minimum absolute atomic E-state index is 0.0331. The smallest absolute Gasteiger partial charge is 0.478 e. The van der Waals surface area contributed by atoms with E-state index in [1.54, 1.807) is 0 Å². The molecule has 5 nitrogen and oxygen atoms in total. The van der Waals surface area contributed by atoms with Crippen LogP contribution in [0.25, 0.3) is 6.08 Å². The van der Waals surface area contributed by atoms with Gasteiger partial charge >= 0.3 is 12.3 Å². The molecule has 0 amide bonds. The van der Waals surface area contributed by atoms with Crippen LogP contribution in [0, 0.1) is 0 Å². The third-order valence-corrected chi connectivity index (χ3v) is 4.62. The van der Waals surface area contributed by atoms with Crippen LogP contribution in [-0.4, -0.2) is 28.8 Å². The fourth-order valence-corrected chi connectivity index (χ4v) is 2.59. The highest BCUT2D eigenvalue weighted by Crippen LogP contribution is 2.37. The average Bonchev–Trinajstić information content (AvgIpc) is 2.63. The van der Waals surface area contributed by atoms with Gasteiger partial charge in [-0.15, -0.1) is 13.2 Å². The average molecular weight is 463 g/mol. The number of hydrogen-bond donors (Lipinski definition) is 1. The van der Waals surface area contributed by atoms with E-state index in [0.717, 1.165) is 12.1 Å². The van der Waals surface area contributed by atoms with E-state index in [4.69, 9.17) is 33.0 Å². The summed E-state index contributed by atoms with van der Waals surface area (Å²) in [5.74, 6) is -2.08. The van der Waals surface area contributed by atoms with Crippen LogP contribution in [0.3, 0.4) is 0 Å². The summed E-state index contributed by atoms with van der Waals surface area (Å²) in [4.78, 5) is 23.4. The summed E-state index contributed by atoms with van der Waals surface area (Å²) in [6.45, 7) is 2.69. The Kier molecular flexibility index (Phi) is 7.05. The Hall–Kier alpha value is -2.71. The van der Waals surface area contributed by atoms with Gasteiger partial charge in [-0.25, -0.2) is 4.79 Å². The number of halogens is 5. The molecule has 0 fully saturated rings. The summed E-state index contributed by atoms with van der Waals surface area (Å²) in [7, 11) is 0. The van der Waals surface area contributed by atoms with E-state index in [1.807, 2.05) is 0 Å². The fraction of sp³-hybridized carbons (Fsp3) is 0.200. The zero-order valence-electron chi connectivity index (χ0n) is 15.6. The van der Waals surface area contributed by atoms with Crippen LogP contribution in [0.1, 0.15) is 29.8 Å². The van der Waals surface area contributed by atoms with Crippen LogP contribution >= 0.6 is 23.2 Å². The van der Waals surface area contributed by atoms with Crippen molar-refractivity contribution in [2.24, 2.45) is 0 Å². The number of alkyl halides is 3. The second kappa shape index (κ2) is 8.97. The number of benzene rings is 2. The number of carboxylic acids is 1. The van der Waals surface area contributed by atoms with E-state index in [0.29, 0.717) is 5.56 Å². The van der Waals surface area contributed by atoms with Crippen molar-refractivity contribution in [1.29, 1.82) is 0 Å². The van der Waals surface area contributed by atoms with Gasteiger partial charge in [-0.3, -0.25) is 4.79 Å². The number of hydrogen-bond acceptors (Lipinski definition) is 4. The standard InChI is InChI=1S/C20H15Cl2F3O5/c1-19(2,18(27)28)30-15-10-6-12(16(21)17(15)22)5-9-14(26)11-3-7-13(8-4-11)29-20(23,24)25/h3-10H,1-2H3,(H,27,28). The Morgan fingerprint density at radius 3 is 2.10 bits per heavy atom. The van der Waals surface area contributed by atoms with E-state index in [2.05, 4.69) is 4.74 Å². The minimum Gasteiger partial charge on any atom is -0.478 e. The lowest BCUT2D eigenvalue weighted by Gasteiger charge is -2.22. The molecule has 0 atom stereocenters. The van der Waals surface area contributed by atoms with Crippen LogP contribution in [0.5, 0.6) is 11.5 Å². The highest BCUT2D eigenvalue weighted by molar-refractivity contribution is 6.43. The van der Waals surface area contributed by atoms with E-state index < -0.39 is 29.5 Å². The van der Waals surface area contributed by atoms with Gasteiger partial charge in [0.15, 0.2) is 11.4 Å². The zero-order chi connectivity index (χ0) is 22.7. The van der Waals surface area contributed by atoms with Crippen molar-refractivity contribution in [3.8, 4) is 11.5 Å². The number of allylic oxidation sites excluding steroid dienone is 1. The Labute approximate surface area is 179 Å². The lowest BCUT2D eigenvalue weighted by Crippen LogP contribution is -2.37. The third kappa shape index (κ3) is 6.14. The summed E-state index contributed by atoms with van der Waals surface area (Å²) in [6, 6.07) is 7.31. The Bertz CT molecular complexity index is 983. The van der Waals surface area contributed by atoms with Crippen molar-refractivity contribution in [1.82, 2.24) is 0 Å². The van der Waals surface area contributed by atoms with Crippen molar-refractivity contribution in [2.45, 2.75) is 25.8 Å². The van der Waals surface area contributed by atoms with E-state index >= 15 is 0 Å². The Morgan fingerprint density at radius 2 is 1.57 bits per heavy atom. The molecule has 0 aliphatic carbocycles. The van der Waals surface area contributed by atoms with E-state index in [9.17, 15) is 22.8 Å². The van der Waals surface area contributed by atoms with Gasteiger partial charge in [0.25, 0.3) is 0 Å². The topological polar surface area (TPSA) is 72.8 Å². The maximum Gasteiger partial charge on any atom is 0.573 e. The maximum absolute atomic E-state index is 12.2. The lowest BCUT2D eigenvalue weighted by atomic mass is 10.1. The Morgan fingerprint density at radius 1 is 0.967 bits per heavy atom. The highest BCUT2D eigenvalue weighted by Gasteiger charge is 2.31. The molecule has 0 unspecified atom stereocenters. The lowest BCUT2D eigenvalue weighted by molar-refractivity contribution is -0.274. The molecule has 0 bridgehead atoms. The van der Waals surface area contributed by atoms with Crippen LogP contribution in [0.4, 0.5) is 13.2 Å². The largest absolute Gasteiger partial charge is 0.573 e. The molecular formula is C20H15Cl2F3O5. The van der Waals surface area contributed by atoms with Gasteiger partial charge in [0, 0.05) is 5.56 Å². The van der Waals surface area contributed by atoms with Gasteiger partial charge in [-0.05, 0) is 68.0 Å². The van der Waals surface area contributed by atoms with Crippen molar-refractivity contribution in [3.05, 3.63) is 63.6 Å². The Balaban J connectivity index is 2.16. The summed E-state index contributed by atoms with van der Waals surface area (Å²) < 4.78 is 45.6. The summed E-state index contributed by atoms with van der Waals surface area (Å²) in [6.07, 6.45) is -2.29. The van der Waals surface area contributed by atoms with Crippen molar-refractivity contribution < 1.29 is 37.3 Å². The normalized spacial score (nSPS) is 12.1. The first-order valence-electron chi connectivity index (χ1n) is 8.29. The first-order chi connectivity index (χ1) is 13.8. The van der Waals surface area contributed by atoms with Crippen LogP contribution < -0.4 is 9.47 Å². The molecule has 0 spiro atoms. The molecule has 0 aromatic heterocycles. The first kappa shape index (κ1) is 23.6. The van der Waals surface area contributed by atoms with Gasteiger partial charge in [0.1, 0.15) is 16.5 Å². The second-order valence-corrected chi connectivity index (χ2v) is 7.22. The molecule has 0 radical (unpaired) electrons. The predicted molar refractivity (Wildman–Crippen MR) is 105 cm³/mol. The van der Waals surface area contributed by atoms with Gasteiger partial charge < -0.3 is 14.6 Å². The number of ketones is 1. The van der Waals surface area contributed by atoms with Gasteiger partial charge in [-0.2, -0.15) is 0 Å². The molecular weight excluding hydrogens is 448 g/mol. The van der Waals surface area contributed by atoms with Crippen molar-refractivity contribution >= 4 is 41.0 Å². The number of carbonyl (C=O) groups excluding carboxylic acids is 1. The minimum atomic E-state index is -4.82. The quantitative estimate of drug-likeness (QED) is 0.401. The molecule has 1 N–H and O–H groups in total. The monoisotopic (exact) mass is 462 g/mol. The number of carboxylic acid groups (broad SMARTS) is 1. The molecule has 2 aromatic carbocycles. The second-order valence-electron chi connectivity index (χ2n) is 6.47. The molecule has 0 saturated carbocycles. The number of carbonyl (C=O) groups is 2. The van der Waals surface area contributed by atoms with E-state index in [-0.39, 0.29) is 21.4 Å². The molecule has 2 rings (SSSR count). The summed E-state index contributed by atoms with van der Waals surface area (Å²) in [5.41, 5.74) is -1.05. The van der Waals surface area contributed by atoms with Gasteiger partial charge in [0.05, 0.1) is 5.02 Å². The SMILES string of the molecule is CC(C)(Oc1ccc(C=CC(=O)c2ccc(OC(F)(F)F)cc2)c(Cl)c1Cl)C(=O)O. The van der Waals surface area contributed by atoms with Crippen LogP contribution in [-0.2, 0) is 4.79 Å². The van der Waals surface area contributed by atoms with Crippen LogP contribution in [0.2, 0.25) is 10.0 Å². The molecule has 30 heavy (non-hydrogen) atoms. The fourth-order valence-electron chi connectivity index (χ4n) is 2.16. The summed E-state index contributed by atoms with van der Waals surface area (Å²) >= 11 is 12.3. The molecule has 0 saturated heterocycles. The van der Waals surface area contributed by atoms with Gasteiger partial charge in [0.2, 0.25) is 0 Å². The first-order valence-corrected chi connectivity index (χ1v) is 9.04. The van der Waals surface area contributed by atoms with Crippen molar-refractivity contribution in [3.63, 3.8) is 0 Å². The maximum atomic E-state index is 12.2. The number of rotatable bonds is 7. The van der Waals surface area contributed by atoms with E-state index in [1.165, 1.54) is 50.3 Å². The zero-order valence-corrected chi connectivity index (χ0v) is 17.1. The predicted octanol–water partition coefficient (Wildman–Crippen LogP) is 6.03.